The van der Waals surface area contributed by atoms with Gasteiger partial charge in [0.1, 0.15) is 0 Å². The highest BCUT2D eigenvalue weighted by Crippen LogP contribution is 2.26. The molecule has 0 aliphatic carbocycles. The van der Waals surface area contributed by atoms with E-state index in [1.54, 1.807) is 30.3 Å². The molecule has 0 aliphatic heterocycles. The van der Waals surface area contributed by atoms with Gasteiger partial charge in [-0.2, -0.15) is 0 Å². The first-order valence-electron chi connectivity index (χ1n) is 6.52. The lowest BCUT2D eigenvalue weighted by atomic mass is 10.1. The molecule has 0 heterocycles. The predicted molar refractivity (Wildman–Crippen MR) is 89.9 cm³/mol. The van der Waals surface area contributed by atoms with E-state index >= 15 is 0 Å². The summed E-state index contributed by atoms with van der Waals surface area (Å²) in [4.78, 5) is 23.5. The predicted octanol–water partition coefficient (Wildman–Crippen LogP) is 4.51. The SMILES string of the molecule is CC(=O)Nc1cccc(NC(=O)c2ccc(Cl)cc2Cl)c1C. The highest BCUT2D eigenvalue weighted by Gasteiger charge is 2.13. The molecule has 0 unspecified atom stereocenters. The largest absolute Gasteiger partial charge is 0.326 e. The number of nitrogens with one attached hydrogen (secondary N) is 2. The Bertz CT molecular complexity index is 745. The van der Waals surface area contributed by atoms with Crippen LogP contribution >= 0.6 is 23.2 Å². The number of halogens is 2. The molecule has 0 aromatic heterocycles. The fourth-order valence-corrected chi connectivity index (χ4v) is 2.45. The summed E-state index contributed by atoms with van der Waals surface area (Å²) in [6.07, 6.45) is 0. The lowest BCUT2D eigenvalue weighted by molar-refractivity contribution is -0.114. The van der Waals surface area contributed by atoms with E-state index in [9.17, 15) is 9.59 Å². The zero-order valence-electron chi connectivity index (χ0n) is 12.0. The molecule has 0 fully saturated rings. The normalized spacial score (nSPS) is 10.2. The van der Waals surface area contributed by atoms with Gasteiger partial charge in [-0.15, -0.1) is 0 Å². The maximum absolute atomic E-state index is 12.3. The fourth-order valence-electron chi connectivity index (χ4n) is 1.96. The van der Waals surface area contributed by atoms with Crippen molar-refractivity contribution < 1.29 is 9.59 Å². The number of benzene rings is 2. The summed E-state index contributed by atoms with van der Waals surface area (Å²) in [6, 6.07) is 9.94. The maximum Gasteiger partial charge on any atom is 0.257 e. The van der Waals surface area contributed by atoms with E-state index < -0.39 is 0 Å². The van der Waals surface area contributed by atoms with Crippen LogP contribution in [0.25, 0.3) is 0 Å². The molecule has 0 bridgehead atoms. The minimum absolute atomic E-state index is 0.174. The Morgan fingerprint density at radius 2 is 1.64 bits per heavy atom. The van der Waals surface area contributed by atoms with Crippen molar-refractivity contribution in [1.82, 2.24) is 0 Å². The summed E-state index contributed by atoms with van der Waals surface area (Å²) in [5, 5.41) is 6.24. The third-order valence-corrected chi connectivity index (χ3v) is 3.62. The molecule has 2 rings (SSSR count). The Balaban J connectivity index is 2.27. The molecular weight excluding hydrogens is 323 g/mol. The van der Waals surface area contributed by atoms with Gasteiger partial charge in [0.2, 0.25) is 5.91 Å². The molecular formula is C16H14Cl2N2O2. The van der Waals surface area contributed by atoms with Crippen LogP contribution in [-0.4, -0.2) is 11.8 Å². The van der Waals surface area contributed by atoms with E-state index in [2.05, 4.69) is 10.6 Å². The van der Waals surface area contributed by atoms with Gasteiger partial charge in [0, 0.05) is 23.3 Å². The van der Waals surface area contributed by atoms with E-state index in [0.717, 1.165) is 5.56 Å². The second-order valence-electron chi connectivity index (χ2n) is 4.74. The van der Waals surface area contributed by atoms with Gasteiger partial charge in [0.15, 0.2) is 0 Å². The second-order valence-corrected chi connectivity index (χ2v) is 5.58. The molecule has 0 saturated carbocycles. The van der Waals surface area contributed by atoms with Gasteiger partial charge in [-0.1, -0.05) is 29.3 Å². The van der Waals surface area contributed by atoms with Gasteiger partial charge in [-0.25, -0.2) is 0 Å². The van der Waals surface area contributed by atoms with Crippen LogP contribution in [-0.2, 0) is 4.79 Å². The molecule has 2 aromatic rings. The van der Waals surface area contributed by atoms with Crippen LogP contribution in [0.3, 0.4) is 0 Å². The Kier molecular flexibility index (Phi) is 5.06. The summed E-state index contributed by atoms with van der Waals surface area (Å²) < 4.78 is 0. The van der Waals surface area contributed by atoms with Gasteiger partial charge in [0.25, 0.3) is 5.91 Å². The summed E-state index contributed by atoms with van der Waals surface area (Å²) in [7, 11) is 0. The lowest BCUT2D eigenvalue weighted by Gasteiger charge is -2.13. The van der Waals surface area contributed by atoms with Crippen molar-refractivity contribution in [2.75, 3.05) is 10.6 Å². The van der Waals surface area contributed by atoms with Gasteiger partial charge in [-0.05, 0) is 42.8 Å². The van der Waals surface area contributed by atoms with E-state index in [4.69, 9.17) is 23.2 Å². The molecule has 0 spiro atoms. The van der Waals surface area contributed by atoms with Crippen molar-refractivity contribution in [2.45, 2.75) is 13.8 Å². The fraction of sp³-hybridized carbons (Fsp3) is 0.125. The lowest BCUT2D eigenvalue weighted by Crippen LogP contribution is -2.14. The van der Waals surface area contributed by atoms with Crippen LogP contribution < -0.4 is 10.6 Å². The quantitative estimate of drug-likeness (QED) is 0.866. The first-order chi connectivity index (χ1) is 10.4. The van der Waals surface area contributed by atoms with Crippen molar-refractivity contribution in [2.24, 2.45) is 0 Å². The van der Waals surface area contributed by atoms with Gasteiger partial charge in [0.05, 0.1) is 10.6 Å². The Morgan fingerprint density at radius 1 is 1.00 bits per heavy atom. The summed E-state index contributed by atoms with van der Waals surface area (Å²) in [5.41, 5.74) is 2.33. The number of rotatable bonds is 3. The van der Waals surface area contributed by atoms with E-state index in [0.29, 0.717) is 22.0 Å². The van der Waals surface area contributed by atoms with Crippen molar-refractivity contribution in [3.8, 4) is 0 Å². The third kappa shape index (κ3) is 3.78. The summed E-state index contributed by atoms with van der Waals surface area (Å²) in [5.74, 6) is -0.517. The monoisotopic (exact) mass is 336 g/mol. The molecule has 0 atom stereocenters. The van der Waals surface area contributed by atoms with Gasteiger partial charge < -0.3 is 10.6 Å². The molecule has 4 nitrogen and oxygen atoms in total. The highest BCUT2D eigenvalue weighted by atomic mass is 35.5. The Labute approximate surface area is 138 Å². The summed E-state index contributed by atoms with van der Waals surface area (Å²) >= 11 is 11.8. The number of hydrogen-bond donors (Lipinski definition) is 2. The number of carbonyl (C=O) groups is 2. The van der Waals surface area contributed by atoms with Crippen molar-refractivity contribution in [3.63, 3.8) is 0 Å². The number of amides is 2. The molecule has 2 aromatic carbocycles. The molecule has 0 radical (unpaired) electrons. The number of hydrogen-bond acceptors (Lipinski definition) is 2. The molecule has 0 saturated heterocycles. The number of anilines is 2. The van der Waals surface area contributed by atoms with E-state index in [1.807, 2.05) is 6.92 Å². The zero-order chi connectivity index (χ0) is 16.3. The molecule has 22 heavy (non-hydrogen) atoms. The van der Waals surface area contributed by atoms with Crippen LogP contribution in [0.1, 0.15) is 22.8 Å². The first-order valence-corrected chi connectivity index (χ1v) is 7.27. The smallest absolute Gasteiger partial charge is 0.257 e. The van der Waals surface area contributed by atoms with Crippen molar-refractivity contribution >= 4 is 46.4 Å². The van der Waals surface area contributed by atoms with E-state index in [1.165, 1.54) is 13.0 Å². The molecule has 6 heteroatoms. The minimum atomic E-state index is -0.343. The minimum Gasteiger partial charge on any atom is -0.326 e. The Hall–Kier alpha value is -2.04. The van der Waals surface area contributed by atoms with Crippen LogP contribution in [0.2, 0.25) is 10.0 Å². The van der Waals surface area contributed by atoms with Crippen LogP contribution in [0.4, 0.5) is 11.4 Å². The number of carbonyl (C=O) groups excluding carboxylic acids is 2. The third-order valence-electron chi connectivity index (χ3n) is 3.07. The van der Waals surface area contributed by atoms with Crippen LogP contribution in [0.15, 0.2) is 36.4 Å². The van der Waals surface area contributed by atoms with Gasteiger partial charge >= 0.3 is 0 Å². The molecule has 0 aliphatic rings. The van der Waals surface area contributed by atoms with Gasteiger partial charge in [-0.3, -0.25) is 9.59 Å². The standard InChI is InChI=1S/C16H14Cl2N2O2/c1-9-14(19-10(2)21)4-3-5-15(9)20-16(22)12-7-6-11(17)8-13(12)18/h3-8H,1-2H3,(H,19,21)(H,20,22). The average molecular weight is 337 g/mol. The summed E-state index contributed by atoms with van der Waals surface area (Å²) in [6.45, 7) is 3.24. The zero-order valence-corrected chi connectivity index (χ0v) is 13.5. The van der Waals surface area contributed by atoms with Crippen molar-refractivity contribution in [1.29, 1.82) is 0 Å². The van der Waals surface area contributed by atoms with E-state index in [-0.39, 0.29) is 16.8 Å². The second kappa shape index (κ2) is 6.81. The van der Waals surface area contributed by atoms with Crippen molar-refractivity contribution in [3.05, 3.63) is 57.6 Å². The maximum atomic E-state index is 12.3. The average Bonchev–Trinajstić information content (AvgIpc) is 2.42. The van der Waals surface area contributed by atoms with Crippen LogP contribution in [0, 0.1) is 6.92 Å². The van der Waals surface area contributed by atoms with Crippen LogP contribution in [0.5, 0.6) is 0 Å². The Morgan fingerprint density at radius 3 is 2.23 bits per heavy atom. The first kappa shape index (κ1) is 16.3. The molecule has 2 N–H and O–H groups in total. The topological polar surface area (TPSA) is 58.2 Å². The molecule has 2 amide bonds. The highest BCUT2D eigenvalue weighted by molar-refractivity contribution is 6.37. The molecule has 114 valence electrons.